The normalized spacial score (nSPS) is 20.8. The van der Waals surface area contributed by atoms with Gasteiger partial charge in [0, 0.05) is 38.6 Å². The van der Waals surface area contributed by atoms with Crippen molar-refractivity contribution in [3.8, 4) is 5.75 Å². The van der Waals surface area contributed by atoms with Gasteiger partial charge in [0.05, 0.1) is 20.3 Å². The van der Waals surface area contributed by atoms with Crippen LogP contribution in [0.25, 0.3) is 0 Å². The first-order chi connectivity index (χ1) is 12.7. The number of hydrogen-bond acceptors (Lipinski definition) is 4. The number of piperidine rings is 1. The molecule has 0 spiro atoms. The molecule has 2 fully saturated rings. The highest BCUT2D eigenvalue weighted by atomic mass is 16.5. The number of rotatable bonds is 6. The number of hydrogen-bond donors (Lipinski definition) is 0. The van der Waals surface area contributed by atoms with E-state index in [1.165, 1.54) is 0 Å². The summed E-state index contributed by atoms with van der Waals surface area (Å²) in [5.41, 5.74) is 1.16. The fourth-order valence-electron chi connectivity index (χ4n) is 4.15. The molecule has 0 radical (unpaired) electrons. The van der Waals surface area contributed by atoms with Crippen molar-refractivity contribution in [3.63, 3.8) is 0 Å². The minimum Gasteiger partial charge on any atom is -0.497 e. The Hall–Kier alpha value is -1.59. The van der Waals surface area contributed by atoms with Crippen LogP contribution in [0, 0.1) is 5.92 Å². The Balaban J connectivity index is 1.42. The molecule has 0 N–H and O–H groups in total. The van der Waals surface area contributed by atoms with Gasteiger partial charge >= 0.3 is 0 Å². The lowest BCUT2D eigenvalue weighted by Crippen LogP contribution is -2.49. The molecule has 5 heteroatoms. The Morgan fingerprint density at radius 2 is 1.96 bits per heavy atom. The van der Waals surface area contributed by atoms with Gasteiger partial charge in [-0.25, -0.2) is 0 Å². The molecule has 0 bridgehead atoms. The quantitative estimate of drug-likeness (QED) is 0.782. The molecule has 0 unspecified atom stereocenters. The lowest BCUT2D eigenvalue weighted by Gasteiger charge is -2.41. The van der Waals surface area contributed by atoms with Crippen molar-refractivity contribution >= 4 is 5.91 Å². The van der Waals surface area contributed by atoms with Crippen LogP contribution in [0.4, 0.5) is 0 Å². The molecule has 1 aromatic carbocycles. The van der Waals surface area contributed by atoms with Gasteiger partial charge in [-0.2, -0.15) is 0 Å². The average Bonchev–Trinajstić information content (AvgIpc) is 2.72. The van der Waals surface area contributed by atoms with E-state index in [0.717, 1.165) is 70.0 Å². The highest BCUT2D eigenvalue weighted by Crippen LogP contribution is 2.25. The minimum atomic E-state index is 0.283. The first-order valence-corrected chi connectivity index (χ1v) is 9.90. The number of amides is 1. The third kappa shape index (κ3) is 4.98. The summed E-state index contributed by atoms with van der Waals surface area (Å²) in [6.07, 6.45) is 3.59. The topological polar surface area (TPSA) is 42.0 Å². The van der Waals surface area contributed by atoms with Crippen LogP contribution in [0.2, 0.25) is 0 Å². The molecule has 0 aliphatic carbocycles. The molecular formula is C21H32N2O3. The smallest absolute Gasteiger partial charge is 0.222 e. The standard InChI is InChI=1S/C21H32N2O3/c1-17(22-12-14-26-15-13-22)19-8-10-23(11-9-19)21(24)7-6-18-4-3-5-20(16-18)25-2/h3-5,16-17,19H,6-15H2,1-2H3/t17-/m1/s1. The van der Waals surface area contributed by atoms with Crippen molar-refractivity contribution in [3.05, 3.63) is 29.8 Å². The van der Waals surface area contributed by atoms with Gasteiger partial charge in [0.25, 0.3) is 0 Å². The summed E-state index contributed by atoms with van der Waals surface area (Å²) in [5, 5.41) is 0. The molecule has 2 heterocycles. The van der Waals surface area contributed by atoms with Gasteiger partial charge in [-0.05, 0) is 49.8 Å². The number of likely N-dealkylation sites (tertiary alicyclic amines) is 1. The molecule has 2 saturated heterocycles. The van der Waals surface area contributed by atoms with Crippen LogP contribution < -0.4 is 4.74 Å². The van der Waals surface area contributed by atoms with Crippen molar-refractivity contribution in [1.29, 1.82) is 0 Å². The Bertz CT molecular complexity index is 578. The fourth-order valence-corrected chi connectivity index (χ4v) is 4.15. The molecule has 0 saturated carbocycles. The van der Waals surface area contributed by atoms with E-state index in [0.29, 0.717) is 18.4 Å². The van der Waals surface area contributed by atoms with Gasteiger partial charge < -0.3 is 14.4 Å². The van der Waals surface area contributed by atoms with Gasteiger partial charge in [0.15, 0.2) is 0 Å². The van der Waals surface area contributed by atoms with E-state index < -0.39 is 0 Å². The number of carbonyl (C=O) groups is 1. The molecule has 144 valence electrons. The zero-order valence-corrected chi connectivity index (χ0v) is 16.2. The van der Waals surface area contributed by atoms with Crippen molar-refractivity contribution in [1.82, 2.24) is 9.80 Å². The summed E-state index contributed by atoms with van der Waals surface area (Å²) in [4.78, 5) is 17.2. The molecule has 1 aromatic rings. The van der Waals surface area contributed by atoms with E-state index in [4.69, 9.17) is 9.47 Å². The van der Waals surface area contributed by atoms with Crippen LogP contribution in [0.5, 0.6) is 5.75 Å². The number of nitrogens with zero attached hydrogens (tertiary/aromatic N) is 2. The van der Waals surface area contributed by atoms with E-state index in [9.17, 15) is 4.79 Å². The monoisotopic (exact) mass is 360 g/mol. The van der Waals surface area contributed by atoms with Crippen molar-refractivity contribution in [2.45, 2.75) is 38.6 Å². The van der Waals surface area contributed by atoms with E-state index >= 15 is 0 Å². The third-order valence-electron chi connectivity index (χ3n) is 5.96. The minimum absolute atomic E-state index is 0.283. The number of morpholine rings is 1. The Morgan fingerprint density at radius 1 is 1.23 bits per heavy atom. The predicted octanol–water partition coefficient (Wildman–Crippen LogP) is 2.59. The van der Waals surface area contributed by atoms with Gasteiger partial charge in [-0.15, -0.1) is 0 Å². The molecular weight excluding hydrogens is 328 g/mol. The molecule has 3 rings (SSSR count). The van der Waals surface area contributed by atoms with E-state index in [-0.39, 0.29) is 5.91 Å². The Morgan fingerprint density at radius 3 is 2.65 bits per heavy atom. The summed E-state index contributed by atoms with van der Waals surface area (Å²) in [6.45, 7) is 7.93. The highest BCUT2D eigenvalue weighted by molar-refractivity contribution is 5.76. The molecule has 5 nitrogen and oxygen atoms in total. The molecule has 2 aliphatic rings. The van der Waals surface area contributed by atoms with Gasteiger partial charge in [-0.3, -0.25) is 9.69 Å². The molecule has 26 heavy (non-hydrogen) atoms. The Labute approximate surface area is 157 Å². The van der Waals surface area contributed by atoms with Crippen LogP contribution in [0.1, 0.15) is 31.7 Å². The molecule has 2 aliphatic heterocycles. The SMILES string of the molecule is COc1cccc(CCC(=O)N2CCC([C@@H](C)N3CCOCC3)CC2)c1. The molecule has 1 atom stereocenters. The van der Waals surface area contributed by atoms with E-state index in [1.807, 2.05) is 18.2 Å². The lowest BCUT2D eigenvalue weighted by atomic mass is 9.89. The molecule has 0 aromatic heterocycles. The number of benzene rings is 1. The first-order valence-electron chi connectivity index (χ1n) is 9.90. The average molecular weight is 360 g/mol. The second kappa shape index (κ2) is 9.38. The second-order valence-electron chi connectivity index (χ2n) is 7.46. The number of ether oxygens (including phenoxy) is 2. The summed E-state index contributed by atoms with van der Waals surface area (Å²) in [5.74, 6) is 1.83. The van der Waals surface area contributed by atoms with Crippen molar-refractivity contribution in [2.24, 2.45) is 5.92 Å². The highest BCUT2D eigenvalue weighted by Gasteiger charge is 2.29. The maximum atomic E-state index is 12.6. The maximum Gasteiger partial charge on any atom is 0.222 e. The zero-order valence-electron chi connectivity index (χ0n) is 16.2. The van der Waals surface area contributed by atoms with Crippen molar-refractivity contribution < 1.29 is 14.3 Å². The Kier molecular flexibility index (Phi) is 6.92. The lowest BCUT2D eigenvalue weighted by molar-refractivity contribution is -0.133. The number of carbonyl (C=O) groups excluding carboxylic acids is 1. The molecule has 1 amide bonds. The van der Waals surface area contributed by atoms with Crippen LogP contribution in [0.3, 0.4) is 0 Å². The van der Waals surface area contributed by atoms with Gasteiger partial charge in [-0.1, -0.05) is 12.1 Å². The van der Waals surface area contributed by atoms with Crippen molar-refractivity contribution in [2.75, 3.05) is 46.5 Å². The summed E-state index contributed by atoms with van der Waals surface area (Å²) in [6, 6.07) is 8.59. The largest absolute Gasteiger partial charge is 0.497 e. The van der Waals surface area contributed by atoms with Crippen LogP contribution in [0.15, 0.2) is 24.3 Å². The van der Waals surface area contributed by atoms with Gasteiger partial charge in [0.2, 0.25) is 5.91 Å². The van der Waals surface area contributed by atoms with Crippen LogP contribution in [-0.4, -0.2) is 68.3 Å². The summed E-state index contributed by atoms with van der Waals surface area (Å²) in [7, 11) is 1.67. The second-order valence-corrected chi connectivity index (χ2v) is 7.46. The number of methoxy groups -OCH3 is 1. The van der Waals surface area contributed by atoms with Gasteiger partial charge in [0.1, 0.15) is 5.75 Å². The zero-order chi connectivity index (χ0) is 18.4. The summed E-state index contributed by atoms with van der Waals surface area (Å²) < 4.78 is 10.7. The van der Waals surface area contributed by atoms with Crippen LogP contribution in [-0.2, 0) is 16.0 Å². The third-order valence-corrected chi connectivity index (χ3v) is 5.96. The number of aryl methyl sites for hydroxylation is 1. The van der Waals surface area contributed by atoms with E-state index in [1.54, 1.807) is 7.11 Å². The predicted molar refractivity (Wildman–Crippen MR) is 102 cm³/mol. The fraction of sp³-hybridized carbons (Fsp3) is 0.667. The first kappa shape index (κ1) is 19.2. The maximum absolute atomic E-state index is 12.6. The van der Waals surface area contributed by atoms with E-state index in [2.05, 4.69) is 22.8 Å². The summed E-state index contributed by atoms with van der Waals surface area (Å²) >= 11 is 0. The van der Waals surface area contributed by atoms with Crippen LogP contribution >= 0.6 is 0 Å².